The molecule has 0 bridgehead atoms. The Morgan fingerprint density at radius 2 is 1.09 bits per heavy atom. The SMILES string of the molecule is CC(=O)N(CCOC(=O)Oc1ccc([N+](=O)[O-])cc1)CCOC(=O)Oc1ccc([N+](=O)[O-])cc1. The number of hydrogen-bond acceptors (Lipinski definition) is 11. The average molecular weight is 477 g/mol. The number of ether oxygens (including phenoxy) is 4. The third-order valence-electron chi connectivity index (χ3n) is 4.11. The van der Waals surface area contributed by atoms with Gasteiger partial charge in [0, 0.05) is 31.2 Å². The number of amides is 1. The van der Waals surface area contributed by atoms with Crippen molar-refractivity contribution in [3.63, 3.8) is 0 Å². The molecule has 14 nitrogen and oxygen atoms in total. The molecule has 14 heteroatoms. The molecule has 180 valence electrons. The van der Waals surface area contributed by atoms with Crippen LogP contribution in [0, 0.1) is 20.2 Å². The van der Waals surface area contributed by atoms with Crippen molar-refractivity contribution in [2.24, 2.45) is 0 Å². The fraction of sp³-hybridized carbons (Fsp3) is 0.250. The molecule has 0 heterocycles. The smallest absolute Gasteiger partial charge is 0.432 e. The van der Waals surface area contributed by atoms with E-state index in [0.717, 1.165) is 24.3 Å². The number of rotatable bonds is 10. The van der Waals surface area contributed by atoms with Gasteiger partial charge in [-0.3, -0.25) is 25.0 Å². The molecule has 0 spiro atoms. The van der Waals surface area contributed by atoms with Crippen LogP contribution in [-0.4, -0.2) is 59.3 Å². The first-order chi connectivity index (χ1) is 16.2. The summed E-state index contributed by atoms with van der Waals surface area (Å²) in [5, 5.41) is 21.2. The van der Waals surface area contributed by atoms with Crippen LogP contribution in [0.5, 0.6) is 11.5 Å². The Morgan fingerprint density at radius 1 is 0.735 bits per heavy atom. The maximum atomic E-state index is 11.7. The number of nitro benzene ring substituents is 2. The normalized spacial score (nSPS) is 10.0. The molecular weight excluding hydrogens is 458 g/mol. The van der Waals surface area contributed by atoms with E-state index in [-0.39, 0.29) is 55.1 Å². The van der Waals surface area contributed by atoms with Gasteiger partial charge in [-0.2, -0.15) is 0 Å². The number of non-ortho nitro benzene ring substituents is 2. The van der Waals surface area contributed by atoms with Crippen LogP contribution in [0.4, 0.5) is 21.0 Å². The number of carbonyl (C=O) groups excluding carboxylic acids is 3. The van der Waals surface area contributed by atoms with Gasteiger partial charge in [-0.1, -0.05) is 0 Å². The topological polar surface area (TPSA) is 178 Å². The fourth-order valence-electron chi connectivity index (χ4n) is 2.43. The second-order valence-corrected chi connectivity index (χ2v) is 6.41. The summed E-state index contributed by atoms with van der Waals surface area (Å²) in [7, 11) is 0. The van der Waals surface area contributed by atoms with Crippen LogP contribution in [0.1, 0.15) is 6.92 Å². The Bertz CT molecular complexity index is 961. The second kappa shape index (κ2) is 12.3. The average Bonchev–Trinajstić information content (AvgIpc) is 2.78. The molecule has 0 aliphatic heterocycles. The third kappa shape index (κ3) is 8.41. The van der Waals surface area contributed by atoms with Crippen molar-refractivity contribution in [2.75, 3.05) is 26.3 Å². The van der Waals surface area contributed by atoms with Crippen LogP contribution in [-0.2, 0) is 14.3 Å². The molecule has 0 unspecified atom stereocenters. The van der Waals surface area contributed by atoms with Gasteiger partial charge in [0.2, 0.25) is 5.91 Å². The van der Waals surface area contributed by atoms with Gasteiger partial charge in [-0.05, 0) is 24.3 Å². The van der Waals surface area contributed by atoms with Crippen molar-refractivity contribution < 1.29 is 43.2 Å². The highest BCUT2D eigenvalue weighted by atomic mass is 16.7. The highest BCUT2D eigenvalue weighted by Crippen LogP contribution is 2.18. The Kier molecular flexibility index (Phi) is 9.25. The summed E-state index contributed by atoms with van der Waals surface area (Å²) in [5.74, 6) is -0.294. The molecule has 34 heavy (non-hydrogen) atoms. The maximum Gasteiger partial charge on any atom is 0.513 e. The van der Waals surface area contributed by atoms with E-state index < -0.39 is 22.2 Å². The maximum absolute atomic E-state index is 11.7. The number of nitrogens with zero attached hydrogens (tertiary/aromatic N) is 3. The Hall–Kier alpha value is -4.75. The number of hydrogen-bond donors (Lipinski definition) is 0. The molecule has 0 saturated carbocycles. The highest BCUT2D eigenvalue weighted by Gasteiger charge is 2.14. The van der Waals surface area contributed by atoms with Gasteiger partial charge < -0.3 is 23.8 Å². The van der Waals surface area contributed by atoms with Gasteiger partial charge in [0.25, 0.3) is 11.4 Å². The predicted molar refractivity (Wildman–Crippen MR) is 112 cm³/mol. The third-order valence-corrected chi connectivity index (χ3v) is 4.11. The van der Waals surface area contributed by atoms with Crippen molar-refractivity contribution in [1.29, 1.82) is 0 Å². The molecule has 0 aliphatic rings. The first-order valence-corrected chi connectivity index (χ1v) is 9.59. The van der Waals surface area contributed by atoms with E-state index in [9.17, 15) is 34.6 Å². The highest BCUT2D eigenvalue weighted by molar-refractivity contribution is 5.73. The molecule has 0 aromatic heterocycles. The van der Waals surface area contributed by atoms with Gasteiger partial charge in [-0.15, -0.1) is 0 Å². The molecule has 0 atom stereocenters. The van der Waals surface area contributed by atoms with E-state index in [1.807, 2.05) is 0 Å². The van der Waals surface area contributed by atoms with E-state index >= 15 is 0 Å². The Balaban J connectivity index is 1.70. The fourth-order valence-corrected chi connectivity index (χ4v) is 2.43. The summed E-state index contributed by atoms with van der Waals surface area (Å²) in [4.78, 5) is 56.4. The van der Waals surface area contributed by atoms with E-state index in [0.29, 0.717) is 0 Å². The molecule has 0 radical (unpaired) electrons. The lowest BCUT2D eigenvalue weighted by atomic mass is 10.3. The van der Waals surface area contributed by atoms with Gasteiger partial charge in [0.05, 0.1) is 22.9 Å². The Morgan fingerprint density at radius 3 is 1.38 bits per heavy atom. The molecule has 0 fully saturated rings. The van der Waals surface area contributed by atoms with Gasteiger partial charge >= 0.3 is 12.3 Å². The molecule has 1 amide bonds. The number of carbonyl (C=O) groups is 3. The van der Waals surface area contributed by atoms with Crippen molar-refractivity contribution in [3.05, 3.63) is 68.8 Å². The van der Waals surface area contributed by atoms with Crippen molar-refractivity contribution in [2.45, 2.75) is 6.92 Å². The molecule has 2 aromatic carbocycles. The minimum Gasteiger partial charge on any atom is -0.432 e. The zero-order chi connectivity index (χ0) is 25.1. The zero-order valence-corrected chi connectivity index (χ0v) is 17.8. The minimum atomic E-state index is -1.07. The van der Waals surface area contributed by atoms with Gasteiger partial charge in [0.15, 0.2) is 0 Å². The lowest BCUT2D eigenvalue weighted by molar-refractivity contribution is -0.385. The molecule has 0 N–H and O–H groups in total. The van der Waals surface area contributed by atoms with E-state index in [2.05, 4.69) is 0 Å². The van der Waals surface area contributed by atoms with Crippen LogP contribution in [0.3, 0.4) is 0 Å². The molecule has 0 aliphatic carbocycles. The summed E-state index contributed by atoms with van der Waals surface area (Å²) in [6.45, 7) is 0.776. The van der Waals surface area contributed by atoms with Crippen molar-refractivity contribution in [3.8, 4) is 11.5 Å². The summed E-state index contributed by atoms with van der Waals surface area (Å²) in [6.07, 6.45) is -2.14. The first kappa shape index (κ1) is 25.5. The van der Waals surface area contributed by atoms with Crippen molar-refractivity contribution >= 4 is 29.6 Å². The van der Waals surface area contributed by atoms with Crippen LogP contribution in [0.15, 0.2) is 48.5 Å². The van der Waals surface area contributed by atoms with E-state index in [4.69, 9.17) is 18.9 Å². The van der Waals surface area contributed by atoms with Gasteiger partial charge in [-0.25, -0.2) is 9.59 Å². The largest absolute Gasteiger partial charge is 0.513 e. The Labute approximate surface area is 191 Å². The van der Waals surface area contributed by atoms with E-state index in [1.54, 1.807) is 0 Å². The summed E-state index contributed by atoms with van der Waals surface area (Å²) < 4.78 is 19.5. The van der Waals surface area contributed by atoms with Crippen LogP contribution >= 0.6 is 0 Å². The van der Waals surface area contributed by atoms with E-state index in [1.165, 1.54) is 36.1 Å². The monoisotopic (exact) mass is 477 g/mol. The molecule has 2 aromatic rings. The molecule has 2 rings (SSSR count). The first-order valence-electron chi connectivity index (χ1n) is 9.59. The predicted octanol–water partition coefficient (Wildman–Crippen LogP) is 3.08. The second-order valence-electron chi connectivity index (χ2n) is 6.41. The number of benzene rings is 2. The van der Waals surface area contributed by atoms with Crippen molar-refractivity contribution in [1.82, 2.24) is 4.90 Å². The lowest BCUT2D eigenvalue weighted by Crippen LogP contribution is -2.36. The standard InChI is InChI=1S/C20H19N3O11/c1-14(24)21(10-12-31-19(25)33-17-6-2-15(3-7-17)22(27)28)11-13-32-20(26)34-18-8-4-16(5-9-18)23(29)30/h2-9H,10-13H2,1H3. The zero-order valence-electron chi connectivity index (χ0n) is 17.8. The lowest BCUT2D eigenvalue weighted by Gasteiger charge is -2.20. The van der Waals surface area contributed by atoms with Crippen LogP contribution < -0.4 is 9.47 Å². The molecule has 0 saturated heterocycles. The van der Waals surface area contributed by atoms with Crippen LogP contribution in [0.25, 0.3) is 0 Å². The summed E-state index contributed by atoms with van der Waals surface area (Å²) in [6, 6.07) is 9.56. The number of nitro groups is 2. The minimum absolute atomic E-state index is 0.0224. The van der Waals surface area contributed by atoms with Crippen LogP contribution in [0.2, 0.25) is 0 Å². The summed E-state index contributed by atoms with van der Waals surface area (Å²) in [5.41, 5.74) is -0.340. The molecular formula is C20H19N3O11. The van der Waals surface area contributed by atoms with Gasteiger partial charge in [0.1, 0.15) is 24.7 Å². The quantitative estimate of drug-likeness (QED) is 0.212. The summed E-state index contributed by atoms with van der Waals surface area (Å²) >= 11 is 0.